The van der Waals surface area contributed by atoms with Crippen LogP contribution in [0.1, 0.15) is 446 Å². The number of rotatable bonds is 83. The van der Waals surface area contributed by atoms with E-state index in [9.17, 15) is 43.2 Å². The van der Waals surface area contributed by atoms with E-state index in [0.29, 0.717) is 25.7 Å². The third-order valence-corrected chi connectivity index (χ3v) is 21.6. The maximum Gasteiger partial charge on any atom is 0.472 e. The second-order valence-electron chi connectivity index (χ2n) is 31.2. The number of ether oxygens (including phenoxy) is 4. The molecule has 0 bridgehead atoms. The summed E-state index contributed by atoms with van der Waals surface area (Å²) in [7, 11) is -9.93. The van der Waals surface area contributed by atoms with E-state index >= 15 is 0 Å². The molecule has 0 aromatic heterocycles. The molecule has 612 valence electrons. The number of carbonyl (C=O) groups excluding carboxylic acids is 4. The maximum atomic E-state index is 13.1. The van der Waals surface area contributed by atoms with Gasteiger partial charge in [-0.05, 0) is 37.5 Å². The Kier molecular flexibility index (Phi) is 74.1. The summed E-state index contributed by atoms with van der Waals surface area (Å²) in [4.78, 5) is 73.2. The lowest BCUT2D eigenvalue weighted by Crippen LogP contribution is -2.30. The first kappa shape index (κ1) is 101. The molecule has 2 unspecified atom stereocenters. The van der Waals surface area contributed by atoms with Gasteiger partial charge in [0.2, 0.25) is 0 Å². The molecular formula is C84H164O17P2. The van der Waals surface area contributed by atoms with E-state index in [0.717, 1.165) is 102 Å². The van der Waals surface area contributed by atoms with Crippen molar-refractivity contribution < 1.29 is 80.2 Å². The van der Waals surface area contributed by atoms with Crippen LogP contribution < -0.4 is 0 Å². The number of phosphoric acid groups is 2. The molecule has 0 spiro atoms. The minimum absolute atomic E-state index is 0.107. The van der Waals surface area contributed by atoms with Crippen molar-refractivity contribution in [2.45, 2.75) is 464 Å². The van der Waals surface area contributed by atoms with Gasteiger partial charge in [-0.1, -0.05) is 395 Å². The molecule has 0 rings (SSSR count). The average molecular weight is 1510 g/mol. The molecule has 0 saturated carbocycles. The van der Waals surface area contributed by atoms with Crippen LogP contribution in [0.3, 0.4) is 0 Å². The fourth-order valence-electron chi connectivity index (χ4n) is 13.1. The third kappa shape index (κ3) is 78.0. The van der Waals surface area contributed by atoms with Gasteiger partial charge in [-0.25, -0.2) is 9.13 Å². The lowest BCUT2D eigenvalue weighted by molar-refractivity contribution is -0.161. The standard InChI is InChI=1S/C84H164O17P2/c1-7-9-11-13-15-17-19-21-23-25-26-28-30-32-37-43-50-56-62-68-83(88)100-79(72-94-81(86)66-60-54-48-42-36-31-29-27-24-22-20-18-16-14-12-10-8-2)74-98-102(90,91)96-70-78(85)71-97-103(92,93)99-75-80(73-95-82(87)67-61-55-49-45-39-41-47-53-59-65-77(5)6)101-84(89)69-63-57-51-44-38-34-33-35-40-46-52-58-64-76(3)4/h76-80,85H,7-75H2,1-6H3,(H,90,91)(H,92,93)/t78-,79-,80-/m1/s1. The number of unbranched alkanes of at least 4 members (excludes halogenated alkanes) is 53. The predicted molar refractivity (Wildman–Crippen MR) is 423 cm³/mol. The molecule has 19 heteroatoms. The number of hydrogen-bond donors (Lipinski definition) is 3. The van der Waals surface area contributed by atoms with E-state index in [4.69, 9.17) is 37.0 Å². The molecule has 0 aliphatic carbocycles. The molecule has 5 atom stereocenters. The van der Waals surface area contributed by atoms with Gasteiger partial charge in [0, 0.05) is 25.7 Å². The summed E-state index contributed by atoms with van der Waals surface area (Å²) in [5.41, 5.74) is 0. The van der Waals surface area contributed by atoms with Crippen molar-refractivity contribution in [2.75, 3.05) is 39.6 Å². The highest BCUT2D eigenvalue weighted by Crippen LogP contribution is 2.45. The van der Waals surface area contributed by atoms with E-state index in [1.165, 1.54) is 263 Å². The van der Waals surface area contributed by atoms with E-state index in [2.05, 4.69) is 41.5 Å². The fraction of sp³-hybridized carbons (Fsp3) is 0.952. The highest BCUT2D eigenvalue weighted by molar-refractivity contribution is 7.47. The van der Waals surface area contributed by atoms with Crippen LogP contribution in [-0.4, -0.2) is 96.7 Å². The number of esters is 4. The van der Waals surface area contributed by atoms with Crippen LogP contribution >= 0.6 is 15.6 Å². The van der Waals surface area contributed by atoms with Crippen molar-refractivity contribution in [3.8, 4) is 0 Å². The summed E-state index contributed by atoms with van der Waals surface area (Å²) in [5.74, 6) is -0.583. The van der Waals surface area contributed by atoms with Crippen LogP contribution in [0.25, 0.3) is 0 Å². The molecule has 0 fully saturated rings. The second kappa shape index (κ2) is 75.5. The van der Waals surface area contributed by atoms with Gasteiger partial charge in [-0.2, -0.15) is 0 Å². The van der Waals surface area contributed by atoms with Crippen LogP contribution in [-0.2, 0) is 65.4 Å². The minimum Gasteiger partial charge on any atom is -0.462 e. The van der Waals surface area contributed by atoms with Crippen LogP contribution in [0.5, 0.6) is 0 Å². The molecule has 17 nitrogen and oxygen atoms in total. The average Bonchev–Trinajstić information content (AvgIpc) is 0.923. The molecule has 0 saturated heterocycles. The van der Waals surface area contributed by atoms with E-state index in [1.54, 1.807) is 0 Å². The normalized spacial score (nSPS) is 13.9. The lowest BCUT2D eigenvalue weighted by atomic mass is 10.0. The highest BCUT2D eigenvalue weighted by atomic mass is 31.2. The monoisotopic (exact) mass is 1510 g/mol. The molecule has 0 radical (unpaired) electrons. The Balaban J connectivity index is 5.26. The molecular weight excluding hydrogens is 1340 g/mol. The topological polar surface area (TPSA) is 237 Å². The minimum atomic E-state index is -4.96. The van der Waals surface area contributed by atoms with Gasteiger partial charge in [0.05, 0.1) is 26.4 Å². The van der Waals surface area contributed by atoms with Crippen LogP contribution in [0, 0.1) is 11.8 Å². The summed E-state index contributed by atoms with van der Waals surface area (Å²) in [6, 6.07) is 0. The van der Waals surface area contributed by atoms with Crippen LogP contribution in [0.2, 0.25) is 0 Å². The quantitative estimate of drug-likeness (QED) is 0.0222. The Morgan fingerprint density at radius 2 is 0.447 bits per heavy atom. The SMILES string of the molecule is CCCCCCCCCCCCCCCCCCCCCC(=O)O[C@H](COC(=O)CCCCCCCCCCCCCCCCCCC)COP(=O)(O)OC[C@@H](O)COP(=O)(O)OC[C@@H](COC(=O)CCCCCCCCCCCC(C)C)OC(=O)CCCCCCCCCCCCCCC(C)C. The first-order valence-electron chi connectivity index (χ1n) is 43.5. The van der Waals surface area contributed by atoms with Gasteiger partial charge >= 0.3 is 39.5 Å². The number of carbonyl (C=O) groups is 4. The Morgan fingerprint density at radius 1 is 0.262 bits per heavy atom. The third-order valence-electron chi connectivity index (χ3n) is 19.7. The van der Waals surface area contributed by atoms with Crippen LogP contribution in [0.4, 0.5) is 0 Å². The lowest BCUT2D eigenvalue weighted by Gasteiger charge is -2.21. The molecule has 0 aromatic rings. The summed E-state index contributed by atoms with van der Waals surface area (Å²) in [5, 5.41) is 10.7. The number of aliphatic hydroxyl groups excluding tert-OH is 1. The van der Waals surface area contributed by atoms with E-state index in [1.807, 2.05) is 0 Å². The van der Waals surface area contributed by atoms with Gasteiger partial charge in [-0.3, -0.25) is 37.3 Å². The Morgan fingerprint density at radius 3 is 0.660 bits per heavy atom. The number of hydrogen-bond acceptors (Lipinski definition) is 15. The fourth-order valence-corrected chi connectivity index (χ4v) is 14.6. The first-order valence-corrected chi connectivity index (χ1v) is 46.5. The number of phosphoric ester groups is 2. The first-order chi connectivity index (χ1) is 49.9. The Hall–Kier alpha value is -1.94. The molecule has 103 heavy (non-hydrogen) atoms. The summed E-state index contributed by atoms with van der Waals surface area (Å²) in [6.45, 7) is 9.65. The zero-order valence-electron chi connectivity index (χ0n) is 67.6. The molecule has 3 N–H and O–H groups in total. The van der Waals surface area contributed by atoms with Gasteiger partial charge in [0.1, 0.15) is 19.3 Å². The molecule has 0 heterocycles. The summed E-state index contributed by atoms with van der Waals surface area (Å²) < 4.78 is 68.9. The van der Waals surface area contributed by atoms with Gasteiger partial charge < -0.3 is 33.8 Å². The van der Waals surface area contributed by atoms with Gasteiger partial charge in [0.25, 0.3) is 0 Å². The second-order valence-corrected chi connectivity index (χ2v) is 34.1. The maximum absolute atomic E-state index is 13.1. The molecule has 0 amide bonds. The largest absolute Gasteiger partial charge is 0.472 e. The zero-order valence-corrected chi connectivity index (χ0v) is 69.4. The Labute approximate surface area is 632 Å². The van der Waals surface area contributed by atoms with Crippen molar-refractivity contribution >= 4 is 39.5 Å². The van der Waals surface area contributed by atoms with Crippen molar-refractivity contribution in [1.82, 2.24) is 0 Å². The van der Waals surface area contributed by atoms with E-state index < -0.39 is 97.5 Å². The molecule has 0 aromatic carbocycles. The Bertz CT molecular complexity index is 1980. The van der Waals surface area contributed by atoms with Crippen molar-refractivity contribution in [2.24, 2.45) is 11.8 Å². The van der Waals surface area contributed by atoms with Gasteiger partial charge in [-0.15, -0.1) is 0 Å². The van der Waals surface area contributed by atoms with E-state index in [-0.39, 0.29) is 25.7 Å². The smallest absolute Gasteiger partial charge is 0.462 e. The highest BCUT2D eigenvalue weighted by Gasteiger charge is 2.30. The van der Waals surface area contributed by atoms with Crippen molar-refractivity contribution in [3.05, 3.63) is 0 Å². The van der Waals surface area contributed by atoms with Crippen LogP contribution in [0.15, 0.2) is 0 Å². The molecule has 0 aliphatic rings. The predicted octanol–water partition coefficient (Wildman–Crippen LogP) is 25.5. The summed E-state index contributed by atoms with van der Waals surface area (Å²) >= 11 is 0. The number of aliphatic hydroxyl groups is 1. The van der Waals surface area contributed by atoms with Crippen molar-refractivity contribution in [1.29, 1.82) is 0 Å². The molecule has 0 aliphatic heterocycles. The zero-order chi connectivity index (χ0) is 75.6. The van der Waals surface area contributed by atoms with Gasteiger partial charge in [0.15, 0.2) is 12.2 Å². The van der Waals surface area contributed by atoms with Crippen molar-refractivity contribution in [3.63, 3.8) is 0 Å². The summed E-state index contributed by atoms with van der Waals surface area (Å²) in [6.07, 6.45) is 66.6.